The summed E-state index contributed by atoms with van der Waals surface area (Å²) in [5.74, 6) is 0.590. The average molecular weight is 420 g/mol. The van der Waals surface area contributed by atoms with Crippen molar-refractivity contribution >= 4 is 11.2 Å². The topological polar surface area (TPSA) is 99.0 Å². The van der Waals surface area contributed by atoms with Gasteiger partial charge < -0.3 is 15.4 Å². The second-order valence-corrected chi connectivity index (χ2v) is 8.50. The van der Waals surface area contributed by atoms with Crippen molar-refractivity contribution in [3.05, 3.63) is 16.3 Å². The quantitative estimate of drug-likeness (QED) is 0.388. The molecule has 0 fully saturated rings. The molecule has 0 radical (unpaired) electrons. The van der Waals surface area contributed by atoms with Gasteiger partial charge in [-0.1, -0.05) is 77.0 Å². The van der Waals surface area contributed by atoms with Crippen LogP contribution in [0.4, 0.5) is 0 Å². The molecule has 0 aliphatic rings. The van der Waals surface area contributed by atoms with Crippen molar-refractivity contribution in [3.63, 3.8) is 0 Å². The van der Waals surface area contributed by atoms with E-state index in [0.717, 1.165) is 25.3 Å². The van der Waals surface area contributed by atoms with Gasteiger partial charge in [0.25, 0.3) is 0 Å². The van der Waals surface area contributed by atoms with E-state index in [-0.39, 0.29) is 5.88 Å². The van der Waals surface area contributed by atoms with Gasteiger partial charge in [-0.25, -0.2) is 9.78 Å². The lowest BCUT2D eigenvalue weighted by Gasteiger charge is -2.08. The number of hydrogen-bond acceptors (Lipinski definition) is 5. The molecule has 0 aliphatic heterocycles. The molecule has 0 bridgehead atoms. The van der Waals surface area contributed by atoms with Crippen LogP contribution in [-0.2, 0) is 13.6 Å². The van der Waals surface area contributed by atoms with E-state index in [1.165, 1.54) is 88.0 Å². The van der Waals surface area contributed by atoms with E-state index in [0.29, 0.717) is 11.2 Å². The fourth-order valence-electron chi connectivity index (χ4n) is 4.12. The van der Waals surface area contributed by atoms with Gasteiger partial charge in [0.2, 0.25) is 5.88 Å². The molecule has 7 nitrogen and oxygen atoms in total. The van der Waals surface area contributed by atoms with E-state index in [1.54, 1.807) is 7.05 Å². The van der Waals surface area contributed by atoms with Gasteiger partial charge in [-0.05, 0) is 26.3 Å². The molecule has 0 aliphatic carbocycles. The van der Waals surface area contributed by atoms with E-state index in [4.69, 9.17) is 5.73 Å². The summed E-state index contributed by atoms with van der Waals surface area (Å²) in [7, 11) is 1.64. The van der Waals surface area contributed by atoms with Crippen LogP contribution in [0.3, 0.4) is 0 Å². The van der Waals surface area contributed by atoms with Crippen LogP contribution >= 0.6 is 0 Å². The third-order valence-corrected chi connectivity index (χ3v) is 5.99. The normalized spacial score (nSPS) is 11.6. The first kappa shape index (κ1) is 24.4. The Morgan fingerprint density at radius 2 is 1.27 bits per heavy atom. The van der Waals surface area contributed by atoms with Gasteiger partial charge in [0.1, 0.15) is 11.3 Å². The Kier molecular flexibility index (Phi) is 10.9. The fraction of sp³-hybridized carbons (Fsp3) is 0.783. The van der Waals surface area contributed by atoms with Crippen molar-refractivity contribution in [1.82, 2.24) is 19.1 Å². The number of aromatic nitrogens is 4. The van der Waals surface area contributed by atoms with Gasteiger partial charge in [0.05, 0.1) is 0 Å². The van der Waals surface area contributed by atoms with Crippen molar-refractivity contribution in [2.75, 3.05) is 6.54 Å². The van der Waals surface area contributed by atoms with Gasteiger partial charge in [-0.3, -0.25) is 4.57 Å². The van der Waals surface area contributed by atoms with Crippen LogP contribution in [-0.4, -0.2) is 30.8 Å². The van der Waals surface area contributed by atoms with Crippen molar-refractivity contribution in [1.29, 1.82) is 0 Å². The highest BCUT2D eigenvalue weighted by atomic mass is 16.3. The highest BCUT2D eigenvalue weighted by molar-refractivity contribution is 5.77. The minimum Gasteiger partial charge on any atom is -0.492 e. The molecule has 30 heavy (non-hydrogen) atoms. The van der Waals surface area contributed by atoms with Gasteiger partial charge in [-0.15, -0.1) is 0 Å². The summed E-state index contributed by atoms with van der Waals surface area (Å²) in [6.45, 7) is 3.54. The van der Waals surface area contributed by atoms with Crippen molar-refractivity contribution in [3.8, 4) is 5.88 Å². The first-order valence-corrected chi connectivity index (χ1v) is 11.9. The zero-order chi connectivity index (χ0) is 21.8. The second-order valence-electron chi connectivity index (χ2n) is 8.50. The molecule has 170 valence electrons. The molecular formula is C23H41N5O2. The van der Waals surface area contributed by atoms with Crippen LogP contribution in [0.15, 0.2) is 4.79 Å². The maximum atomic E-state index is 11.7. The van der Waals surface area contributed by atoms with Gasteiger partial charge in [-0.2, -0.15) is 4.98 Å². The molecule has 0 aromatic carbocycles. The lowest BCUT2D eigenvalue weighted by atomic mass is 10.0. The van der Waals surface area contributed by atoms with Crippen molar-refractivity contribution in [2.45, 2.75) is 103 Å². The van der Waals surface area contributed by atoms with Gasteiger partial charge in [0, 0.05) is 13.6 Å². The standard InChI is InChI=1S/C23H41N5O2/c1-19-25-21-20(22(29)26-23(30)27(21)2)28(19)18-16-14-12-10-8-6-4-3-5-7-9-11-13-15-17-24/h3-18,24H2,1-2H3,(H,26,29,30). The summed E-state index contributed by atoms with van der Waals surface area (Å²) >= 11 is 0. The van der Waals surface area contributed by atoms with Crippen LogP contribution in [0, 0.1) is 6.92 Å². The number of aryl methyl sites for hydroxylation is 3. The Morgan fingerprint density at radius 1 is 0.800 bits per heavy atom. The molecule has 0 saturated heterocycles. The highest BCUT2D eigenvalue weighted by Gasteiger charge is 2.16. The van der Waals surface area contributed by atoms with Crippen LogP contribution in [0.5, 0.6) is 5.88 Å². The number of nitrogens with zero attached hydrogens (tertiary/aromatic N) is 4. The summed E-state index contributed by atoms with van der Waals surface area (Å²) in [5.41, 5.74) is 6.10. The van der Waals surface area contributed by atoms with Crippen LogP contribution < -0.4 is 11.4 Å². The molecule has 2 rings (SSSR count). The Morgan fingerprint density at radius 3 is 1.77 bits per heavy atom. The first-order valence-electron chi connectivity index (χ1n) is 11.9. The zero-order valence-corrected chi connectivity index (χ0v) is 19.0. The molecule has 0 saturated carbocycles. The summed E-state index contributed by atoms with van der Waals surface area (Å²) in [6.07, 6.45) is 18.1. The smallest absolute Gasteiger partial charge is 0.352 e. The Balaban J connectivity index is 1.54. The predicted octanol–water partition coefficient (Wildman–Crippen LogP) is 4.56. The molecule has 7 heteroatoms. The summed E-state index contributed by atoms with van der Waals surface area (Å²) in [5, 5.41) is 10.1. The van der Waals surface area contributed by atoms with E-state index in [1.807, 2.05) is 11.5 Å². The van der Waals surface area contributed by atoms with E-state index in [9.17, 15) is 9.90 Å². The third kappa shape index (κ3) is 7.42. The number of rotatable bonds is 16. The minimum absolute atomic E-state index is 0.218. The maximum Gasteiger partial charge on any atom is 0.352 e. The summed E-state index contributed by atoms with van der Waals surface area (Å²) in [6, 6.07) is 0. The van der Waals surface area contributed by atoms with E-state index >= 15 is 0 Å². The van der Waals surface area contributed by atoms with Crippen molar-refractivity contribution < 1.29 is 5.11 Å². The van der Waals surface area contributed by atoms with Crippen LogP contribution in [0.1, 0.15) is 95.7 Å². The summed E-state index contributed by atoms with van der Waals surface area (Å²) in [4.78, 5) is 19.9. The molecule has 2 aromatic rings. The summed E-state index contributed by atoms with van der Waals surface area (Å²) < 4.78 is 3.37. The van der Waals surface area contributed by atoms with Crippen molar-refractivity contribution in [2.24, 2.45) is 12.8 Å². The third-order valence-electron chi connectivity index (χ3n) is 5.99. The maximum absolute atomic E-state index is 11.7. The fourth-order valence-corrected chi connectivity index (χ4v) is 4.12. The molecular weight excluding hydrogens is 378 g/mol. The lowest BCUT2D eigenvalue weighted by molar-refractivity contribution is 0.449. The predicted molar refractivity (Wildman–Crippen MR) is 123 cm³/mol. The number of unbranched alkanes of at least 4 members (excludes halogenated alkanes) is 13. The largest absolute Gasteiger partial charge is 0.492 e. The van der Waals surface area contributed by atoms with E-state index < -0.39 is 5.69 Å². The monoisotopic (exact) mass is 419 g/mol. The highest BCUT2D eigenvalue weighted by Crippen LogP contribution is 2.22. The number of nitrogens with two attached hydrogens (primary N) is 1. The molecule has 0 atom stereocenters. The molecule has 2 aromatic heterocycles. The second kappa shape index (κ2) is 13.4. The number of hydrogen-bond donors (Lipinski definition) is 2. The average Bonchev–Trinajstić information content (AvgIpc) is 3.06. The van der Waals surface area contributed by atoms with Gasteiger partial charge >= 0.3 is 5.69 Å². The Bertz CT molecular complexity index is 812. The number of imidazole rings is 1. The number of fused-ring (bicyclic) bond motifs is 1. The molecule has 3 N–H and O–H groups in total. The van der Waals surface area contributed by atoms with Crippen LogP contribution in [0.25, 0.3) is 11.2 Å². The van der Waals surface area contributed by atoms with E-state index in [2.05, 4.69) is 9.97 Å². The minimum atomic E-state index is -0.479. The van der Waals surface area contributed by atoms with Gasteiger partial charge in [0.15, 0.2) is 5.65 Å². The Labute approximate surface area is 180 Å². The zero-order valence-electron chi connectivity index (χ0n) is 19.0. The molecule has 0 unspecified atom stereocenters. The van der Waals surface area contributed by atoms with Crippen LogP contribution in [0.2, 0.25) is 0 Å². The molecule has 0 amide bonds. The molecule has 0 spiro atoms. The number of aromatic hydroxyl groups is 1. The Hall–Kier alpha value is -1.89. The SMILES string of the molecule is Cc1nc2c(c(O)nc(=O)n2C)n1CCCCCCCCCCCCCCCCN. The molecule has 2 heterocycles. The first-order chi connectivity index (χ1) is 14.6. The lowest BCUT2D eigenvalue weighted by Crippen LogP contribution is -2.20.